The molecule has 0 N–H and O–H groups in total. The second kappa shape index (κ2) is 4.12. The van der Waals surface area contributed by atoms with Gasteiger partial charge in [-0.25, -0.2) is 5.06 Å². The normalized spacial score (nSPS) is 8.88. The van der Waals surface area contributed by atoms with E-state index in [4.69, 9.17) is 4.84 Å². The highest BCUT2D eigenvalue weighted by molar-refractivity contribution is 8.10. The van der Waals surface area contributed by atoms with E-state index >= 15 is 0 Å². The smallest absolute Gasteiger partial charge is 0.156 e. The van der Waals surface area contributed by atoms with Gasteiger partial charge < -0.3 is 0 Å². The summed E-state index contributed by atoms with van der Waals surface area (Å²) < 4.78 is 0.451. The first-order chi connectivity index (χ1) is 3.68. The summed E-state index contributed by atoms with van der Waals surface area (Å²) in [6.07, 6.45) is 0. The van der Waals surface area contributed by atoms with E-state index in [9.17, 15) is 0 Å². The Morgan fingerprint density at radius 1 is 1.88 bits per heavy atom. The molecular formula is C4H9NOS2. The van der Waals surface area contributed by atoms with Crippen LogP contribution >= 0.6 is 24.8 Å². The molecule has 0 rings (SSSR count). The summed E-state index contributed by atoms with van der Waals surface area (Å²) in [6.45, 7) is 2.51. The third-order valence-corrected chi connectivity index (χ3v) is 1.13. The summed E-state index contributed by atoms with van der Waals surface area (Å²) in [5.41, 5.74) is 0. The third kappa shape index (κ3) is 3.23. The van der Waals surface area contributed by atoms with Gasteiger partial charge in [0.1, 0.15) is 0 Å². The van der Waals surface area contributed by atoms with Gasteiger partial charge >= 0.3 is 0 Å². The van der Waals surface area contributed by atoms with Crippen molar-refractivity contribution in [3.8, 4) is 0 Å². The lowest BCUT2D eigenvalue weighted by Crippen LogP contribution is -2.20. The van der Waals surface area contributed by atoms with Crippen molar-refractivity contribution < 1.29 is 4.84 Å². The number of nitrogens with zero attached hydrogens (tertiary/aromatic N) is 1. The molecule has 4 heteroatoms. The molecule has 0 spiro atoms. The lowest BCUT2D eigenvalue weighted by Gasteiger charge is -2.13. The highest BCUT2D eigenvalue weighted by atomic mass is 32.1. The molecule has 0 aliphatic heterocycles. The van der Waals surface area contributed by atoms with E-state index in [-0.39, 0.29) is 0 Å². The Balaban J connectivity index is 3.32. The minimum absolute atomic E-state index is 0.451. The van der Waals surface area contributed by atoms with Gasteiger partial charge in [-0.3, -0.25) is 4.84 Å². The van der Waals surface area contributed by atoms with E-state index < -0.39 is 0 Å². The number of thiol groups is 1. The molecule has 0 saturated carbocycles. The second-order valence-electron chi connectivity index (χ2n) is 1.20. The first-order valence-corrected chi connectivity index (χ1v) is 3.13. The van der Waals surface area contributed by atoms with Crippen molar-refractivity contribution in [1.29, 1.82) is 0 Å². The van der Waals surface area contributed by atoms with Gasteiger partial charge in [0, 0.05) is 7.05 Å². The minimum Gasteiger partial charge on any atom is -0.273 e. The summed E-state index contributed by atoms with van der Waals surface area (Å²) in [5.74, 6) is 0. The van der Waals surface area contributed by atoms with Gasteiger partial charge in [0.25, 0.3) is 0 Å². The molecule has 0 fully saturated rings. The van der Waals surface area contributed by atoms with Crippen molar-refractivity contribution >= 4 is 29.2 Å². The largest absolute Gasteiger partial charge is 0.273 e. The Labute approximate surface area is 60.2 Å². The molecule has 0 unspecified atom stereocenters. The van der Waals surface area contributed by atoms with Crippen LogP contribution in [-0.4, -0.2) is 23.0 Å². The topological polar surface area (TPSA) is 12.5 Å². The standard InChI is InChI=1S/C4H9NOS2/c1-3-6-5(2)4(7)8/h3H2,1-2H3,(H,7,8). The molecule has 0 saturated heterocycles. The summed E-state index contributed by atoms with van der Waals surface area (Å²) >= 11 is 8.51. The monoisotopic (exact) mass is 151 g/mol. The maximum Gasteiger partial charge on any atom is 0.156 e. The molecule has 0 aliphatic carbocycles. The van der Waals surface area contributed by atoms with Crippen LogP contribution < -0.4 is 0 Å². The number of thiocarbonyl (C=S) groups is 1. The van der Waals surface area contributed by atoms with Crippen molar-refractivity contribution in [3.05, 3.63) is 0 Å². The average molecular weight is 151 g/mol. The Hall–Kier alpha value is 0.200. The average Bonchev–Trinajstić information content (AvgIpc) is 1.67. The zero-order valence-corrected chi connectivity index (χ0v) is 6.63. The quantitative estimate of drug-likeness (QED) is 0.360. The zero-order chi connectivity index (χ0) is 6.57. The fraction of sp³-hybridized carbons (Fsp3) is 0.750. The first kappa shape index (κ1) is 8.20. The van der Waals surface area contributed by atoms with Gasteiger partial charge in [0.2, 0.25) is 0 Å². The molecular weight excluding hydrogens is 142 g/mol. The van der Waals surface area contributed by atoms with Crippen molar-refractivity contribution in [2.75, 3.05) is 13.7 Å². The van der Waals surface area contributed by atoms with Gasteiger partial charge in [0.15, 0.2) is 4.32 Å². The third-order valence-electron chi connectivity index (χ3n) is 0.592. The zero-order valence-electron chi connectivity index (χ0n) is 4.92. The molecule has 0 aromatic carbocycles. The lowest BCUT2D eigenvalue weighted by molar-refractivity contribution is -0.0674. The van der Waals surface area contributed by atoms with Crippen molar-refractivity contribution in [1.82, 2.24) is 5.06 Å². The molecule has 0 heterocycles. The van der Waals surface area contributed by atoms with E-state index in [0.29, 0.717) is 10.9 Å². The fourth-order valence-electron chi connectivity index (χ4n) is 0.249. The van der Waals surface area contributed by atoms with E-state index in [2.05, 4.69) is 24.8 Å². The number of hydrogen-bond acceptors (Lipinski definition) is 2. The molecule has 2 nitrogen and oxygen atoms in total. The summed E-state index contributed by atoms with van der Waals surface area (Å²) in [6, 6.07) is 0. The van der Waals surface area contributed by atoms with Crippen LogP contribution in [0.4, 0.5) is 0 Å². The molecule has 0 aromatic heterocycles. The Kier molecular flexibility index (Phi) is 4.22. The van der Waals surface area contributed by atoms with Crippen LogP contribution in [-0.2, 0) is 4.84 Å². The molecule has 0 aliphatic rings. The van der Waals surface area contributed by atoms with Crippen LogP contribution in [0.1, 0.15) is 6.92 Å². The van der Waals surface area contributed by atoms with E-state index in [0.717, 1.165) is 0 Å². The van der Waals surface area contributed by atoms with Crippen molar-refractivity contribution in [2.24, 2.45) is 0 Å². The van der Waals surface area contributed by atoms with Crippen LogP contribution in [0.2, 0.25) is 0 Å². The molecule has 0 radical (unpaired) electrons. The van der Waals surface area contributed by atoms with Gasteiger partial charge in [-0.15, -0.1) is 12.6 Å². The van der Waals surface area contributed by atoms with Crippen molar-refractivity contribution in [2.45, 2.75) is 6.92 Å². The van der Waals surface area contributed by atoms with Crippen LogP contribution in [0.3, 0.4) is 0 Å². The highest BCUT2D eigenvalue weighted by Crippen LogP contribution is 1.91. The van der Waals surface area contributed by atoms with Gasteiger partial charge in [-0.1, -0.05) is 12.2 Å². The highest BCUT2D eigenvalue weighted by Gasteiger charge is 1.94. The molecule has 0 amide bonds. The Morgan fingerprint density at radius 2 is 2.38 bits per heavy atom. The maximum atomic E-state index is 4.92. The molecule has 0 bridgehead atoms. The van der Waals surface area contributed by atoms with Gasteiger partial charge in [-0.05, 0) is 6.92 Å². The number of hydrogen-bond donors (Lipinski definition) is 1. The summed E-state index contributed by atoms with van der Waals surface area (Å²) in [5, 5.41) is 1.44. The summed E-state index contributed by atoms with van der Waals surface area (Å²) in [7, 11) is 1.72. The van der Waals surface area contributed by atoms with Crippen molar-refractivity contribution in [3.63, 3.8) is 0 Å². The van der Waals surface area contributed by atoms with Gasteiger partial charge in [0.05, 0.1) is 6.61 Å². The van der Waals surface area contributed by atoms with Crippen LogP contribution in [0.25, 0.3) is 0 Å². The maximum absolute atomic E-state index is 4.92. The van der Waals surface area contributed by atoms with Gasteiger partial charge in [-0.2, -0.15) is 0 Å². The molecule has 8 heavy (non-hydrogen) atoms. The van der Waals surface area contributed by atoms with Crippen LogP contribution in [0, 0.1) is 0 Å². The number of hydroxylamine groups is 2. The van der Waals surface area contributed by atoms with E-state index in [1.165, 1.54) is 5.06 Å². The minimum atomic E-state index is 0.451. The molecule has 48 valence electrons. The molecule has 0 atom stereocenters. The first-order valence-electron chi connectivity index (χ1n) is 2.28. The van der Waals surface area contributed by atoms with Crippen LogP contribution in [0.5, 0.6) is 0 Å². The number of rotatable bonds is 2. The SMILES string of the molecule is CCON(C)C(=S)S. The summed E-state index contributed by atoms with van der Waals surface area (Å²) in [4.78, 5) is 4.92. The molecule has 0 aromatic rings. The van der Waals surface area contributed by atoms with E-state index in [1.807, 2.05) is 6.92 Å². The van der Waals surface area contributed by atoms with E-state index in [1.54, 1.807) is 7.05 Å². The van der Waals surface area contributed by atoms with Crippen LogP contribution in [0.15, 0.2) is 0 Å². The fourth-order valence-corrected chi connectivity index (χ4v) is 0.359. The second-order valence-corrected chi connectivity index (χ2v) is 2.31. The Bertz CT molecular complexity index is 86.1. The lowest BCUT2D eigenvalue weighted by atomic mass is 10.9. The predicted octanol–water partition coefficient (Wildman–Crippen LogP) is 1.08. The Morgan fingerprint density at radius 3 is 2.50 bits per heavy atom. The predicted molar refractivity (Wildman–Crippen MR) is 41.0 cm³/mol.